The largest absolute Gasteiger partial charge is 0.478 e. The van der Waals surface area contributed by atoms with Crippen LogP contribution in [0.15, 0.2) is 12.1 Å². The molecule has 1 aromatic rings. The highest BCUT2D eigenvalue weighted by Crippen LogP contribution is 2.41. The summed E-state index contributed by atoms with van der Waals surface area (Å²) in [6.45, 7) is 4.27. The summed E-state index contributed by atoms with van der Waals surface area (Å²) in [5.41, 5.74) is 0.135. The summed E-state index contributed by atoms with van der Waals surface area (Å²) in [4.78, 5) is 15.6. The molecule has 2 N–H and O–H groups in total. The number of aromatic carboxylic acids is 1. The molecule has 0 amide bonds. The lowest BCUT2D eigenvalue weighted by Gasteiger charge is -2.19. The normalized spacial score (nSPS) is 23.2. The molecule has 4 atom stereocenters. The van der Waals surface area contributed by atoms with Crippen molar-refractivity contribution in [2.45, 2.75) is 26.3 Å². The number of carboxylic acids is 1. The van der Waals surface area contributed by atoms with Crippen molar-refractivity contribution in [3.05, 3.63) is 17.7 Å². The van der Waals surface area contributed by atoms with Crippen LogP contribution in [0.5, 0.6) is 0 Å². The van der Waals surface area contributed by atoms with Gasteiger partial charge >= 0.3 is 5.97 Å². The minimum atomic E-state index is -1.26. The van der Waals surface area contributed by atoms with Gasteiger partial charge in [0.15, 0.2) is 0 Å². The number of aromatic nitrogens is 1. The van der Waals surface area contributed by atoms with Crippen molar-refractivity contribution >= 4 is 28.6 Å². The average Bonchev–Trinajstić information content (AvgIpc) is 3.14. The van der Waals surface area contributed by atoms with E-state index in [1.54, 1.807) is 7.05 Å². The van der Waals surface area contributed by atoms with Crippen LogP contribution in [-0.4, -0.2) is 39.6 Å². The molecule has 21 heavy (non-hydrogen) atoms. The average molecular weight is 311 g/mol. The monoisotopic (exact) mass is 311 g/mol. The summed E-state index contributed by atoms with van der Waals surface area (Å²) in [5.74, 6) is 1.16. The second kappa shape index (κ2) is 6.01. The maximum Gasteiger partial charge on any atom is 0.335 e. The van der Waals surface area contributed by atoms with Crippen LogP contribution in [0, 0.1) is 11.8 Å². The predicted molar refractivity (Wildman–Crippen MR) is 84.0 cm³/mol. The molecular weight excluding hydrogens is 290 g/mol. The molecule has 7 heteroatoms. The van der Waals surface area contributed by atoms with Crippen LogP contribution in [0.1, 0.15) is 30.6 Å². The lowest BCUT2D eigenvalue weighted by Crippen LogP contribution is -2.23. The molecule has 0 spiro atoms. The smallest absolute Gasteiger partial charge is 0.335 e. The van der Waals surface area contributed by atoms with Gasteiger partial charge in [0.25, 0.3) is 0 Å². The quantitative estimate of drug-likeness (QED) is 0.839. The molecule has 6 nitrogen and oxygen atoms in total. The fourth-order valence-corrected chi connectivity index (χ4v) is 2.75. The van der Waals surface area contributed by atoms with E-state index in [0.717, 1.165) is 0 Å². The number of carbonyl (C=O) groups is 1. The van der Waals surface area contributed by atoms with Crippen molar-refractivity contribution in [1.82, 2.24) is 4.98 Å². The minimum absolute atomic E-state index is 0.135. The summed E-state index contributed by atoms with van der Waals surface area (Å²) >= 11 is 0. The van der Waals surface area contributed by atoms with Crippen LogP contribution in [0.3, 0.4) is 0 Å². The number of pyridine rings is 1. The second-order valence-electron chi connectivity index (χ2n) is 5.64. The van der Waals surface area contributed by atoms with E-state index in [4.69, 9.17) is 0 Å². The number of hydrogen-bond donors (Lipinski definition) is 2. The molecule has 2 rings (SSSR count). The topological polar surface area (TPSA) is 82.5 Å². The Kier molecular flexibility index (Phi) is 4.51. The number of hydrogen-bond acceptors (Lipinski definition) is 4. The fraction of sp³-hybridized carbons (Fsp3) is 0.571. The predicted octanol–water partition coefficient (Wildman–Crippen LogP) is 1.97. The summed E-state index contributed by atoms with van der Waals surface area (Å²) in [5, 5.41) is 12.5. The van der Waals surface area contributed by atoms with Gasteiger partial charge in [-0.1, -0.05) is 6.92 Å². The Hall–Kier alpha value is -1.63. The highest BCUT2D eigenvalue weighted by Gasteiger charge is 2.37. The van der Waals surface area contributed by atoms with Gasteiger partial charge < -0.3 is 10.4 Å². The van der Waals surface area contributed by atoms with Gasteiger partial charge in [0.2, 0.25) is 0 Å². The molecule has 0 saturated heterocycles. The van der Waals surface area contributed by atoms with E-state index < -0.39 is 17.0 Å². The van der Waals surface area contributed by atoms with E-state index in [1.165, 1.54) is 29.1 Å². The summed E-state index contributed by atoms with van der Waals surface area (Å²) in [7, 11) is 0.369. The van der Waals surface area contributed by atoms with Crippen molar-refractivity contribution in [2.75, 3.05) is 22.9 Å². The van der Waals surface area contributed by atoms with E-state index in [-0.39, 0.29) is 11.6 Å². The summed E-state index contributed by atoms with van der Waals surface area (Å²) in [6.07, 6.45) is 2.70. The molecule has 116 valence electrons. The van der Waals surface area contributed by atoms with Crippen molar-refractivity contribution in [1.29, 1.82) is 0 Å². The molecule has 1 aromatic heterocycles. The molecule has 0 bridgehead atoms. The fourth-order valence-electron chi connectivity index (χ4n) is 2.39. The van der Waals surface area contributed by atoms with Gasteiger partial charge in [-0.2, -0.15) is 0 Å². The maximum atomic E-state index is 11.5. The van der Waals surface area contributed by atoms with Gasteiger partial charge in [-0.3, -0.25) is 4.31 Å². The molecular formula is C14H21N3O3S. The number of anilines is 2. The minimum Gasteiger partial charge on any atom is -0.478 e. The van der Waals surface area contributed by atoms with Gasteiger partial charge in [-0.15, -0.1) is 0 Å². The van der Waals surface area contributed by atoms with Gasteiger partial charge in [0, 0.05) is 19.3 Å². The number of nitrogens with zero attached hydrogens (tertiary/aromatic N) is 2. The second-order valence-corrected chi connectivity index (χ2v) is 7.03. The number of nitrogens with one attached hydrogen (secondary N) is 1. The van der Waals surface area contributed by atoms with Gasteiger partial charge in [-0.25, -0.2) is 14.0 Å². The molecule has 1 heterocycles. The van der Waals surface area contributed by atoms with Crippen LogP contribution in [0.4, 0.5) is 11.6 Å². The lowest BCUT2D eigenvalue weighted by atomic mass is 10.2. The highest BCUT2D eigenvalue weighted by molar-refractivity contribution is 7.85. The number of carboxylic acid groups (broad SMARTS) is 1. The van der Waals surface area contributed by atoms with Crippen molar-refractivity contribution in [3.8, 4) is 0 Å². The van der Waals surface area contributed by atoms with Gasteiger partial charge in [0.05, 0.1) is 5.56 Å². The summed E-state index contributed by atoms with van der Waals surface area (Å²) < 4.78 is 13.0. The van der Waals surface area contributed by atoms with E-state index in [1.807, 2.05) is 0 Å². The first-order valence-corrected chi connectivity index (χ1v) is 8.40. The first-order valence-electron chi connectivity index (χ1n) is 6.88. The molecule has 1 saturated carbocycles. The third-order valence-electron chi connectivity index (χ3n) is 3.96. The Labute approximate surface area is 127 Å². The van der Waals surface area contributed by atoms with Crippen LogP contribution in [-0.2, 0) is 11.0 Å². The Morgan fingerprint density at radius 1 is 1.57 bits per heavy atom. The van der Waals surface area contributed by atoms with Crippen LogP contribution >= 0.6 is 0 Å². The van der Waals surface area contributed by atoms with E-state index in [0.29, 0.717) is 23.5 Å². The van der Waals surface area contributed by atoms with E-state index in [9.17, 15) is 14.1 Å². The Morgan fingerprint density at radius 2 is 2.19 bits per heavy atom. The van der Waals surface area contributed by atoms with Gasteiger partial charge in [0.1, 0.15) is 22.6 Å². The van der Waals surface area contributed by atoms with E-state index >= 15 is 0 Å². The number of rotatable bonds is 6. The first-order chi connectivity index (χ1) is 9.79. The molecule has 0 radical (unpaired) electrons. The molecule has 1 aliphatic carbocycles. The van der Waals surface area contributed by atoms with Crippen LogP contribution in [0.25, 0.3) is 0 Å². The Morgan fingerprint density at radius 3 is 2.67 bits per heavy atom. The van der Waals surface area contributed by atoms with Crippen molar-refractivity contribution in [3.63, 3.8) is 0 Å². The molecule has 1 fully saturated rings. The zero-order chi connectivity index (χ0) is 15.7. The zero-order valence-electron chi connectivity index (χ0n) is 12.7. The SMILES string of the molecule is CC(Nc1cc(C(=O)O)cc(N(C)S(C)=O)n1)C1C[C@@H]1C. The molecule has 0 aromatic carbocycles. The van der Waals surface area contributed by atoms with Crippen LogP contribution < -0.4 is 9.62 Å². The highest BCUT2D eigenvalue weighted by atomic mass is 32.2. The maximum absolute atomic E-state index is 11.5. The first kappa shape index (κ1) is 15.8. The summed E-state index contributed by atoms with van der Waals surface area (Å²) in [6, 6.07) is 3.18. The third kappa shape index (κ3) is 3.72. The molecule has 1 aliphatic rings. The van der Waals surface area contributed by atoms with Gasteiger partial charge in [-0.05, 0) is 37.3 Å². The van der Waals surface area contributed by atoms with E-state index in [2.05, 4.69) is 24.1 Å². The Balaban J connectivity index is 2.27. The lowest BCUT2D eigenvalue weighted by molar-refractivity contribution is 0.0697. The standard InChI is InChI=1S/C14H21N3O3S/c1-8-5-11(8)9(2)15-12-6-10(14(18)19)7-13(16-12)17(3)21(4)20/h6-9,11H,5H2,1-4H3,(H,15,16)(H,18,19)/t8-,9?,11?,21?/m0/s1. The zero-order valence-corrected chi connectivity index (χ0v) is 13.5. The Bertz CT molecular complexity index is 579. The van der Waals surface area contributed by atoms with Crippen molar-refractivity contribution < 1.29 is 14.1 Å². The third-order valence-corrected chi connectivity index (χ3v) is 4.91. The molecule has 3 unspecified atom stereocenters. The molecule has 0 aliphatic heterocycles. The van der Waals surface area contributed by atoms with Crippen LogP contribution in [0.2, 0.25) is 0 Å². The van der Waals surface area contributed by atoms with Crippen molar-refractivity contribution in [2.24, 2.45) is 11.8 Å².